The molecule has 5 heteroatoms. The Hall–Kier alpha value is -0.520. The minimum Gasteiger partial charge on any atom is -0.348 e. The molecule has 0 spiro atoms. The topological polar surface area (TPSA) is 19.4 Å². The fourth-order valence-electron chi connectivity index (χ4n) is 3.06. The van der Waals surface area contributed by atoms with Gasteiger partial charge in [-0.3, -0.25) is 4.90 Å². The molecular formula is C14H21N3S2. The van der Waals surface area contributed by atoms with E-state index in [1.807, 2.05) is 6.20 Å². The van der Waals surface area contributed by atoms with Gasteiger partial charge in [0, 0.05) is 36.1 Å². The highest BCUT2D eigenvalue weighted by Crippen LogP contribution is 2.26. The number of hydrogen-bond donors (Lipinski definition) is 0. The summed E-state index contributed by atoms with van der Waals surface area (Å²) in [6.07, 6.45) is 7.00. The van der Waals surface area contributed by atoms with Crippen LogP contribution in [0.25, 0.3) is 0 Å². The molecule has 3 rings (SSSR count). The van der Waals surface area contributed by atoms with Gasteiger partial charge in [-0.15, -0.1) is 11.3 Å². The largest absolute Gasteiger partial charge is 0.348 e. The number of aromatic nitrogens is 1. The third kappa shape index (κ3) is 3.33. The summed E-state index contributed by atoms with van der Waals surface area (Å²) in [7, 11) is 0. The van der Waals surface area contributed by atoms with E-state index in [0.29, 0.717) is 5.92 Å². The van der Waals surface area contributed by atoms with Crippen molar-refractivity contribution in [3.8, 4) is 0 Å². The SMILES string of the molecule is S=C(CN1CCCC1)C1CCN(c2nccs2)CC1. The molecule has 3 heterocycles. The normalized spacial score (nSPS) is 22.0. The van der Waals surface area contributed by atoms with E-state index >= 15 is 0 Å². The second-order valence-electron chi connectivity index (χ2n) is 5.53. The Kier molecular flexibility index (Phi) is 4.45. The summed E-state index contributed by atoms with van der Waals surface area (Å²) in [4.78, 5) is 10.6. The van der Waals surface area contributed by atoms with Gasteiger partial charge in [0.2, 0.25) is 0 Å². The highest BCUT2D eigenvalue weighted by Gasteiger charge is 2.25. The number of thiocarbonyl (C=S) groups is 1. The van der Waals surface area contributed by atoms with Crippen LogP contribution in [0.3, 0.4) is 0 Å². The highest BCUT2D eigenvalue weighted by atomic mass is 32.1. The van der Waals surface area contributed by atoms with E-state index in [1.165, 1.54) is 48.8 Å². The molecule has 0 atom stereocenters. The minimum absolute atomic E-state index is 0.645. The molecule has 2 aliphatic rings. The van der Waals surface area contributed by atoms with E-state index in [1.54, 1.807) is 11.3 Å². The third-order valence-electron chi connectivity index (χ3n) is 4.22. The predicted molar refractivity (Wildman–Crippen MR) is 85.3 cm³/mol. The summed E-state index contributed by atoms with van der Waals surface area (Å²) in [5, 5.41) is 3.23. The van der Waals surface area contributed by atoms with E-state index in [4.69, 9.17) is 12.2 Å². The van der Waals surface area contributed by atoms with E-state index in [-0.39, 0.29) is 0 Å². The monoisotopic (exact) mass is 295 g/mol. The van der Waals surface area contributed by atoms with Crippen LogP contribution < -0.4 is 4.90 Å². The van der Waals surface area contributed by atoms with Gasteiger partial charge >= 0.3 is 0 Å². The fourth-order valence-corrected chi connectivity index (χ4v) is 4.17. The maximum absolute atomic E-state index is 5.68. The molecule has 2 fully saturated rings. The van der Waals surface area contributed by atoms with Crippen LogP contribution in [0.5, 0.6) is 0 Å². The van der Waals surface area contributed by atoms with Crippen molar-refractivity contribution in [1.82, 2.24) is 9.88 Å². The molecule has 1 aromatic heterocycles. The van der Waals surface area contributed by atoms with Crippen LogP contribution >= 0.6 is 23.6 Å². The Balaban J connectivity index is 1.48. The molecule has 19 heavy (non-hydrogen) atoms. The maximum atomic E-state index is 5.68. The summed E-state index contributed by atoms with van der Waals surface area (Å²) in [6, 6.07) is 0. The molecule has 2 aliphatic heterocycles. The zero-order chi connectivity index (χ0) is 13.1. The average molecular weight is 295 g/mol. The van der Waals surface area contributed by atoms with Gasteiger partial charge in [0.1, 0.15) is 0 Å². The number of rotatable bonds is 4. The standard InChI is InChI=1S/C14H21N3S2/c18-13(11-16-6-1-2-7-16)12-3-8-17(9-4-12)14-15-5-10-19-14/h5,10,12H,1-4,6-9,11H2. The fraction of sp³-hybridized carbons (Fsp3) is 0.714. The summed E-state index contributed by atoms with van der Waals surface area (Å²) in [5.41, 5.74) is 0. The van der Waals surface area contributed by atoms with Crippen LogP contribution in [0.2, 0.25) is 0 Å². The Bertz CT molecular complexity index is 404. The molecule has 0 radical (unpaired) electrons. The smallest absolute Gasteiger partial charge is 0.185 e. The van der Waals surface area contributed by atoms with Crippen molar-refractivity contribution < 1.29 is 0 Å². The van der Waals surface area contributed by atoms with Gasteiger partial charge in [0.05, 0.1) is 0 Å². The number of thiazole rings is 1. The highest BCUT2D eigenvalue weighted by molar-refractivity contribution is 7.80. The van der Waals surface area contributed by atoms with Crippen LogP contribution in [0.15, 0.2) is 11.6 Å². The molecule has 0 saturated carbocycles. The van der Waals surface area contributed by atoms with Crippen molar-refractivity contribution in [2.24, 2.45) is 5.92 Å². The van der Waals surface area contributed by atoms with Gasteiger partial charge in [-0.1, -0.05) is 12.2 Å². The van der Waals surface area contributed by atoms with Gasteiger partial charge in [-0.25, -0.2) is 4.98 Å². The molecule has 0 N–H and O–H groups in total. The lowest BCUT2D eigenvalue weighted by atomic mass is 9.93. The van der Waals surface area contributed by atoms with Gasteiger partial charge in [-0.05, 0) is 44.7 Å². The lowest BCUT2D eigenvalue weighted by Gasteiger charge is -2.33. The van der Waals surface area contributed by atoms with Crippen LogP contribution in [-0.4, -0.2) is 47.5 Å². The molecule has 0 bridgehead atoms. The zero-order valence-electron chi connectivity index (χ0n) is 11.3. The molecule has 0 aliphatic carbocycles. The lowest BCUT2D eigenvalue weighted by Crippen LogP contribution is -2.38. The number of hydrogen-bond acceptors (Lipinski definition) is 5. The quantitative estimate of drug-likeness (QED) is 0.795. The first-order chi connectivity index (χ1) is 9.33. The first kappa shape index (κ1) is 13.5. The predicted octanol–water partition coefficient (Wildman–Crippen LogP) is 2.83. The first-order valence-electron chi connectivity index (χ1n) is 7.22. The molecule has 104 valence electrons. The molecule has 3 nitrogen and oxygen atoms in total. The van der Waals surface area contributed by atoms with Crippen LogP contribution in [0.4, 0.5) is 5.13 Å². The molecule has 0 aromatic carbocycles. The van der Waals surface area contributed by atoms with Gasteiger partial charge < -0.3 is 4.90 Å². The van der Waals surface area contributed by atoms with E-state index < -0.39 is 0 Å². The Morgan fingerprint density at radius 1 is 1.26 bits per heavy atom. The van der Waals surface area contributed by atoms with E-state index in [0.717, 1.165) is 19.6 Å². The van der Waals surface area contributed by atoms with Crippen LogP contribution in [0.1, 0.15) is 25.7 Å². The summed E-state index contributed by atoms with van der Waals surface area (Å²) < 4.78 is 0. The van der Waals surface area contributed by atoms with Gasteiger partial charge in [0.15, 0.2) is 5.13 Å². The molecular weight excluding hydrogens is 274 g/mol. The van der Waals surface area contributed by atoms with Crippen LogP contribution in [0, 0.1) is 5.92 Å². The van der Waals surface area contributed by atoms with Crippen molar-refractivity contribution in [2.75, 3.05) is 37.6 Å². The Morgan fingerprint density at radius 2 is 2.00 bits per heavy atom. The first-order valence-corrected chi connectivity index (χ1v) is 8.51. The van der Waals surface area contributed by atoms with Crippen molar-refractivity contribution in [2.45, 2.75) is 25.7 Å². The third-order valence-corrected chi connectivity index (χ3v) is 5.51. The Morgan fingerprint density at radius 3 is 2.63 bits per heavy atom. The average Bonchev–Trinajstić information content (AvgIpc) is 3.12. The summed E-state index contributed by atoms with van der Waals surface area (Å²) in [6.45, 7) is 5.77. The Labute approximate surface area is 124 Å². The second-order valence-corrected chi connectivity index (χ2v) is 6.92. The molecule has 2 saturated heterocycles. The van der Waals surface area contributed by atoms with Crippen LogP contribution in [-0.2, 0) is 0 Å². The summed E-state index contributed by atoms with van der Waals surface area (Å²) in [5.74, 6) is 0.645. The van der Waals surface area contributed by atoms with Gasteiger partial charge in [0.25, 0.3) is 0 Å². The maximum Gasteiger partial charge on any atom is 0.185 e. The zero-order valence-corrected chi connectivity index (χ0v) is 12.9. The van der Waals surface area contributed by atoms with Crippen molar-refractivity contribution in [3.63, 3.8) is 0 Å². The summed E-state index contributed by atoms with van der Waals surface area (Å²) >= 11 is 7.42. The lowest BCUT2D eigenvalue weighted by molar-refractivity contribution is 0.378. The van der Waals surface area contributed by atoms with Gasteiger partial charge in [-0.2, -0.15) is 0 Å². The minimum atomic E-state index is 0.645. The molecule has 1 aromatic rings. The van der Waals surface area contributed by atoms with E-state index in [9.17, 15) is 0 Å². The number of likely N-dealkylation sites (tertiary alicyclic amines) is 1. The second kappa shape index (κ2) is 6.29. The van der Waals surface area contributed by atoms with Crippen molar-refractivity contribution in [3.05, 3.63) is 11.6 Å². The number of nitrogens with zero attached hydrogens (tertiary/aromatic N) is 3. The molecule has 0 amide bonds. The number of piperidine rings is 1. The van der Waals surface area contributed by atoms with E-state index in [2.05, 4.69) is 20.2 Å². The van der Waals surface area contributed by atoms with Crippen molar-refractivity contribution in [1.29, 1.82) is 0 Å². The molecule has 0 unspecified atom stereocenters. The number of anilines is 1. The van der Waals surface area contributed by atoms with Crippen molar-refractivity contribution >= 4 is 33.6 Å².